The molecule has 3 aromatic carbocycles. The normalized spacial score (nSPS) is 11.0. The van der Waals surface area contributed by atoms with E-state index in [2.05, 4.69) is 19.9 Å². The molecule has 0 radical (unpaired) electrons. The zero-order valence-corrected chi connectivity index (χ0v) is 16.8. The lowest BCUT2D eigenvalue weighted by molar-refractivity contribution is 0.450. The fraction of sp³-hybridized carbons (Fsp3) is 0. The Morgan fingerprint density at radius 1 is 0.533 bits per heavy atom. The van der Waals surface area contributed by atoms with Gasteiger partial charge in [0, 0.05) is 10.0 Å². The van der Waals surface area contributed by atoms with Crippen LogP contribution in [0.1, 0.15) is 0 Å². The minimum atomic E-state index is 0.387. The van der Waals surface area contributed by atoms with E-state index in [1.165, 1.54) is 0 Å². The molecule has 6 nitrogen and oxygen atoms in total. The maximum absolute atomic E-state index is 5.97. The average molecular weight is 435 g/mol. The van der Waals surface area contributed by atoms with Gasteiger partial charge in [-0.1, -0.05) is 23.2 Å². The number of hydrogen-bond acceptors (Lipinski definition) is 6. The molecule has 0 saturated carbocycles. The van der Waals surface area contributed by atoms with Crippen molar-refractivity contribution in [3.8, 4) is 23.3 Å². The van der Waals surface area contributed by atoms with Gasteiger partial charge >= 0.3 is 0 Å². The molecule has 2 heterocycles. The molecule has 0 aliphatic carbocycles. The quantitative estimate of drug-likeness (QED) is 0.323. The van der Waals surface area contributed by atoms with Crippen molar-refractivity contribution in [2.75, 3.05) is 0 Å². The van der Waals surface area contributed by atoms with E-state index in [-0.39, 0.29) is 0 Å². The number of rotatable bonds is 4. The summed E-state index contributed by atoms with van der Waals surface area (Å²) in [6, 6.07) is 17.7. The first kappa shape index (κ1) is 18.5. The predicted molar refractivity (Wildman–Crippen MR) is 116 cm³/mol. The lowest BCUT2D eigenvalue weighted by atomic mass is 10.3. The fourth-order valence-electron chi connectivity index (χ4n) is 2.85. The molecule has 2 aromatic heterocycles. The van der Waals surface area contributed by atoms with Crippen molar-refractivity contribution in [1.82, 2.24) is 19.9 Å². The summed E-state index contributed by atoms with van der Waals surface area (Å²) in [5, 5.41) is 1.22. The van der Waals surface area contributed by atoms with Crippen LogP contribution >= 0.6 is 23.2 Å². The number of ether oxygens (including phenoxy) is 2. The van der Waals surface area contributed by atoms with Gasteiger partial charge in [0.1, 0.15) is 11.5 Å². The standard InChI is InChI=1S/C22H12Cl2N4O2/c23-13-1-7-17-19(9-13)25-11-21(27-17)29-15-3-5-16(6-4-15)30-22-12-26-20-10-14(24)2-8-18(20)28-22/h1-12H. The molecule has 0 aliphatic heterocycles. The highest BCUT2D eigenvalue weighted by molar-refractivity contribution is 6.31. The molecule has 30 heavy (non-hydrogen) atoms. The van der Waals surface area contributed by atoms with Crippen LogP contribution in [0.3, 0.4) is 0 Å². The molecular formula is C22H12Cl2N4O2. The van der Waals surface area contributed by atoms with Crippen molar-refractivity contribution in [2.45, 2.75) is 0 Å². The predicted octanol–water partition coefficient (Wildman–Crippen LogP) is 6.46. The summed E-state index contributed by atoms with van der Waals surface area (Å²) in [5.74, 6) is 1.98. The molecule has 5 aromatic rings. The van der Waals surface area contributed by atoms with Crippen LogP contribution in [-0.2, 0) is 0 Å². The fourth-order valence-corrected chi connectivity index (χ4v) is 3.18. The third kappa shape index (κ3) is 3.96. The molecule has 0 aliphatic rings. The van der Waals surface area contributed by atoms with Crippen molar-refractivity contribution in [3.63, 3.8) is 0 Å². The van der Waals surface area contributed by atoms with E-state index in [1.807, 2.05) is 0 Å². The van der Waals surface area contributed by atoms with E-state index in [9.17, 15) is 0 Å². The second-order valence-corrected chi connectivity index (χ2v) is 7.23. The van der Waals surface area contributed by atoms with Crippen molar-refractivity contribution < 1.29 is 9.47 Å². The number of fused-ring (bicyclic) bond motifs is 2. The van der Waals surface area contributed by atoms with E-state index in [0.717, 1.165) is 0 Å². The summed E-state index contributed by atoms with van der Waals surface area (Å²) in [4.78, 5) is 17.5. The van der Waals surface area contributed by atoms with Crippen LogP contribution in [0, 0.1) is 0 Å². The number of benzene rings is 3. The average Bonchev–Trinajstić information content (AvgIpc) is 2.75. The Morgan fingerprint density at radius 3 is 1.40 bits per heavy atom. The van der Waals surface area contributed by atoms with Crippen LogP contribution in [0.15, 0.2) is 73.1 Å². The highest BCUT2D eigenvalue weighted by atomic mass is 35.5. The van der Waals surface area contributed by atoms with Crippen molar-refractivity contribution in [2.24, 2.45) is 0 Å². The Kier molecular flexibility index (Phi) is 4.78. The van der Waals surface area contributed by atoms with E-state index in [1.54, 1.807) is 73.1 Å². The van der Waals surface area contributed by atoms with E-state index in [4.69, 9.17) is 32.7 Å². The molecule has 0 fully saturated rings. The highest BCUT2D eigenvalue weighted by Gasteiger charge is 2.06. The summed E-state index contributed by atoms with van der Waals surface area (Å²) < 4.78 is 11.6. The third-order valence-electron chi connectivity index (χ3n) is 4.23. The third-order valence-corrected chi connectivity index (χ3v) is 4.70. The topological polar surface area (TPSA) is 70.0 Å². The Labute approximate surface area is 181 Å². The van der Waals surface area contributed by atoms with Gasteiger partial charge in [-0.15, -0.1) is 0 Å². The van der Waals surface area contributed by atoms with Crippen LogP contribution in [0.5, 0.6) is 23.3 Å². The smallest absolute Gasteiger partial charge is 0.238 e. The van der Waals surface area contributed by atoms with Crippen molar-refractivity contribution in [3.05, 3.63) is 83.1 Å². The van der Waals surface area contributed by atoms with Crippen LogP contribution in [0.4, 0.5) is 0 Å². The monoisotopic (exact) mass is 434 g/mol. The first-order chi connectivity index (χ1) is 14.6. The van der Waals surface area contributed by atoms with Crippen molar-refractivity contribution >= 4 is 45.3 Å². The minimum Gasteiger partial charge on any atom is -0.437 e. The molecular weight excluding hydrogens is 423 g/mol. The second-order valence-electron chi connectivity index (χ2n) is 6.36. The molecule has 0 spiro atoms. The van der Waals surface area contributed by atoms with Crippen molar-refractivity contribution in [1.29, 1.82) is 0 Å². The maximum atomic E-state index is 5.97. The van der Waals surface area contributed by atoms with E-state index >= 15 is 0 Å². The van der Waals surface area contributed by atoms with E-state index < -0.39 is 0 Å². The van der Waals surface area contributed by atoms with Gasteiger partial charge in [0.15, 0.2) is 0 Å². The van der Waals surface area contributed by atoms with Gasteiger partial charge in [-0.25, -0.2) is 19.9 Å². The molecule has 0 N–H and O–H groups in total. The molecule has 0 amide bonds. The first-order valence-corrected chi connectivity index (χ1v) is 9.68. The number of halogens is 2. The zero-order valence-electron chi connectivity index (χ0n) is 15.3. The van der Waals surface area contributed by atoms with Crippen LogP contribution in [-0.4, -0.2) is 19.9 Å². The first-order valence-electron chi connectivity index (χ1n) is 8.93. The number of aromatic nitrogens is 4. The summed E-state index contributed by atoms with van der Waals surface area (Å²) in [5.41, 5.74) is 2.82. The molecule has 146 valence electrons. The second kappa shape index (κ2) is 7.74. The molecule has 0 atom stereocenters. The minimum absolute atomic E-state index is 0.387. The van der Waals surface area contributed by atoms with Gasteiger partial charge < -0.3 is 9.47 Å². The molecule has 0 unspecified atom stereocenters. The lowest BCUT2D eigenvalue weighted by Crippen LogP contribution is -1.92. The van der Waals surface area contributed by atoms with Crippen LogP contribution in [0.25, 0.3) is 22.1 Å². The largest absolute Gasteiger partial charge is 0.437 e. The summed E-state index contributed by atoms with van der Waals surface area (Å²) >= 11 is 11.9. The van der Waals surface area contributed by atoms with Gasteiger partial charge in [0.2, 0.25) is 11.8 Å². The summed E-state index contributed by atoms with van der Waals surface area (Å²) in [6.07, 6.45) is 3.11. The molecule has 0 saturated heterocycles. The maximum Gasteiger partial charge on any atom is 0.238 e. The summed E-state index contributed by atoms with van der Waals surface area (Å²) in [7, 11) is 0. The Bertz CT molecular complexity index is 1270. The van der Waals surface area contributed by atoms with Gasteiger partial charge in [-0.3, -0.25) is 0 Å². The van der Waals surface area contributed by atoms with Gasteiger partial charge in [-0.2, -0.15) is 0 Å². The van der Waals surface area contributed by atoms with E-state index in [0.29, 0.717) is 55.4 Å². The summed E-state index contributed by atoms with van der Waals surface area (Å²) in [6.45, 7) is 0. The van der Waals surface area contributed by atoms with Crippen LogP contribution in [0.2, 0.25) is 10.0 Å². The Hall–Kier alpha value is -3.48. The molecule has 5 rings (SSSR count). The number of nitrogens with zero attached hydrogens (tertiary/aromatic N) is 4. The van der Waals surface area contributed by atoms with Gasteiger partial charge in [-0.05, 0) is 60.7 Å². The molecule has 0 bridgehead atoms. The Morgan fingerprint density at radius 2 is 0.967 bits per heavy atom. The van der Waals surface area contributed by atoms with Gasteiger partial charge in [0.25, 0.3) is 0 Å². The SMILES string of the molecule is Clc1ccc2nc(Oc3ccc(Oc4cnc5cc(Cl)ccc5n4)cc3)cnc2c1. The van der Waals surface area contributed by atoms with Gasteiger partial charge in [0.05, 0.1) is 34.5 Å². The zero-order chi connectivity index (χ0) is 20.5. The molecule has 8 heteroatoms. The number of hydrogen-bond donors (Lipinski definition) is 0. The lowest BCUT2D eigenvalue weighted by Gasteiger charge is -2.08. The Balaban J connectivity index is 1.32. The highest BCUT2D eigenvalue weighted by Crippen LogP contribution is 2.27. The van der Waals surface area contributed by atoms with Crippen LogP contribution < -0.4 is 9.47 Å².